The minimum Gasteiger partial charge on any atom is -0.348 e. The summed E-state index contributed by atoms with van der Waals surface area (Å²) in [6.07, 6.45) is 0.732. The van der Waals surface area contributed by atoms with E-state index in [4.69, 9.17) is 0 Å². The van der Waals surface area contributed by atoms with Crippen molar-refractivity contribution in [1.29, 1.82) is 0 Å². The Kier molecular flexibility index (Phi) is 1.69. The molecule has 0 atom stereocenters. The average molecular weight is 178 g/mol. The lowest BCUT2D eigenvalue weighted by molar-refractivity contribution is 0.0965. The second-order valence-corrected chi connectivity index (χ2v) is 3.05. The first-order valence-electron chi connectivity index (χ1n) is 4.25. The lowest BCUT2D eigenvalue weighted by atomic mass is 10.1. The van der Waals surface area contributed by atoms with Crippen molar-refractivity contribution in [2.75, 3.05) is 0 Å². The van der Waals surface area contributed by atoms with Crippen LogP contribution in [-0.4, -0.2) is 10.9 Å². The molecular formula is C9H10N2O2. The van der Waals surface area contributed by atoms with Gasteiger partial charge in [-0.15, -0.1) is 0 Å². The van der Waals surface area contributed by atoms with Gasteiger partial charge < -0.3 is 10.3 Å². The number of carbonyl (C=O) groups excluding carboxylic acids is 1. The fraction of sp³-hybridized carbons (Fsp3) is 0.333. The molecule has 4 nitrogen and oxygen atoms in total. The number of hydrogen-bond donors (Lipinski definition) is 2. The van der Waals surface area contributed by atoms with E-state index in [-0.39, 0.29) is 11.5 Å². The van der Waals surface area contributed by atoms with Gasteiger partial charge in [0.1, 0.15) is 0 Å². The van der Waals surface area contributed by atoms with E-state index in [1.165, 1.54) is 0 Å². The maximum atomic E-state index is 11.4. The molecule has 0 aromatic carbocycles. The number of hydrogen-bond acceptors (Lipinski definition) is 2. The lowest BCUT2D eigenvalue weighted by Gasteiger charge is -1.98. The number of aryl methyl sites for hydroxylation is 1. The van der Waals surface area contributed by atoms with Crippen molar-refractivity contribution in [3.63, 3.8) is 0 Å². The van der Waals surface area contributed by atoms with Gasteiger partial charge in [-0.2, -0.15) is 0 Å². The van der Waals surface area contributed by atoms with E-state index in [0.717, 1.165) is 12.1 Å². The van der Waals surface area contributed by atoms with Gasteiger partial charge in [-0.1, -0.05) is 6.92 Å². The zero-order chi connectivity index (χ0) is 9.42. The van der Waals surface area contributed by atoms with Gasteiger partial charge in [0.05, 0.1) is 5.56 Å². The van der Waals surface area contributed by atoms with Crippen LogP contribution in [0.25, 0.3) is 0 Å². The van der Waals surface area contributed by atoms with E-state index in [9.17, 15) is 9.59 Å². The van der Waals surface area contributed by atoms with Crippen molar-refractivity contribution < 1.29 is 4.79 Å². The molecule has 1 aliphatic rings. The van der Waals surface area contributed by atoms with Crippen molar-refractivity contribution in [3.8, 4) is 0 Å². The Morgan fingerprint density at radius 1 is 1.46 bits per heavy atom. The maximum absolute atomic E-state index is 11.4. The number of fused-ring (bicyclic) bond motifs is 1. The van der Waals surface area contributed by atoms with Crippen molar-refractivity contribution in [2.24, 2.45) is 0 Å². The molecule has 1 aromatic heterocycles. The number of nitrogens with one attached hydrogen (secondary N) is 2. The Morgan fingerprint density at radius 3 is 2.92 bits per heavy atom. The summed E-state index contributed by atoms with van der Waals surface area (Å²) in [7, 11) is 0. The predicted octanol–water partition coefficient (Wildman–Crippen LogP) is 0.181. The smallest absolute Gasteiger partial charge is 0.253 e. The van der Waals surface area contributed by atoms with Crippen LogP contribution in [0.5, 0.6) is 0 Å². The van der Waals surface area contributed by atoms with Crippen molar-refractivity contribution in [2.45, 2.75) is 19.9 Å². The minimum atomic E-state index is -0.146. The highest BCUT2D eigenvalue weighted by atomic mass is 16.2. The summed E-state index contributed by atoms with van der Waals surface area (Å²) >= 11 is 0. The summed E-state index contributed by atoms with van der Waals surface area (Å²) in [5.41, 5.74) is 1.75. The second kappa shape index (κ2) is 2.73. The zero-order valence-corrected chi connectivity index (χ0v) is 7.31. The van der Waals surface area contributed by atoms with E-state index in [2.05, 4.69) is 10.3 Å². The van der Waals surface area contributed by atoms with E-state index < -0.39 is 0 Å². The molecule has 0 saturated carbocycles. The van der Waals surface area contributed by atoms with Gasteiger partial charge in [0.25, 0.3) is 11.5 Å². The van der Waals surface area contributed by atoms with Gasteiger partial charge in [-0.25, -0.2) is 0 Å². The number of aromatic nitrogens is 1. The average Bonchev–Trinajstić information content (AvgIpc) is 2.48. The van der Waals surface area contributed by atoms with E-state index in [1.54, 1.807) is 6.07 Å². The number of H-pyrrole nitrogens is 1. The Morgan fingerprint density at radius 2 is 2.23 bits per heavy atom. The minimum absolute atomic E-state index is 0.143. The summed E-state index contributed by atoms with van der Waals surface area (Å²) in [6, 6.07) is 1.75. The Hall–Kier alpha value is -1.58. The highest BCUT2D eigenvalue weighted by Crippen LogP contribution is 2.11. The Balaban J connectivity index is 2.67. The fourth-order valence-corrected chi connectivity index (χ4v) is 1.47. The van der Waals surface area contributed by atoms with E-state index >= 15 is 0 Å². The summed E-state index contributed by atoms with van der Waals surface area (Å²) < 4.78 is 0. The Labute approximate surface area is 75.0 Å². The largest absolute Gasteiger partial charge is 0.348 e. The first-order valence-corrected chi connectivity index (χ1v) is 4.25. The monoisotopic (exact) mass is 178 g/mol. The fourth-order valence-electron chi connectivity index (χ4n) is 1.47. The molecule has 2 N–H and O–H groups in total. The lowest BCUT2D eigenvalue weighted by Crippen LogP contribution is -2.14. The molecule has 2 rings (SSSR count). The molecule has 0 bridgehead atoms. The SMILES string of the molecule is CCc1cc2c(c(=O)[nH]1)CNC2=O. The molecule has 0 unspecified atom stereocenters. The standard InChI is InChI=1S/C9H10N2O2/c1-2-5-3-6-7(9(13)11-5)4-10-8(6)12/h3H,2,4H2,1H3,(H,10,12)(H,11,13). The van der Waals surface area contributed by atoms with Crippen LogP contribution in [0.2, 0.25) is 0 Å². The molecular weight excluding hydrogens is 168 g/mol. The number of rotatable bonds is 1. The van der Waals surface area contributed by atoms with Crippen molar-refractivity contribution in [3.05, 3.63) is 33.2 Å². The molecule has 68 valence electrons. The third kappa shape index (κ3) is 1.14. The molecule has 2 heterocycles. The van der Waals surface area contributed by atoms with Gasteiger partial charge in [0.2, 0.25) is 0 Å². The molecule has 0 aliphatic carbocycles. The normalized spacial score (nSPS) is 14.1. The van der Waals surface area contributed by atoms with Gasteiger partial charge in [0, 0.05) is 17.8 Å². The summed E-state index contributed by atoms with van der Waals surface area (Å²) in [4.78, 5) is 25.3. The molecule has 0 radical (unpaired) electrons. The quantitative estimate of drug-likeness (QED) is 0.644. The van der Waals surface area contributed by atoms with Crippen LogP contribution in [0.4, 0.5) is 0 Å². The van der Waals surface area contributed by atoms with E-state index in [1.807, 2.05) is 6.92 Å². The third-order valence-electron chi connectivity index (χ3n) is 2.24. The first-order chi connectivity index (χ1) is 6.22. The van der Waals surface area contributed by atoms with Crippen LogP contribution in [0.15, 0.2) is 10.9 Å². The molecule has 1 amide bonds. The molecule has 1 aromatic rings. The summed E-state index contributed by atoms with van der Waals surface area (Å²) in [6.45, 7) is 2.29. The van der Waals surface area contributed by atoms with Gasteiger partial charge in [-0.05, 0) is 12.5 Å². The molecule has 13 heavy (non-hydrogen) atoms. The topological polar surface area (TPSA) is 62.0 Å². The third-order valence-corrected chi connectivity index (χ3v) is 2.24. The molecule has 1 aliphatic heterocycles. The number of pyridine rings is 1. The maximum Gasteiger partial charge on any atom is 0.253 e. The highest BCUT2D eigenvalue weighted by Gasteiger charge is 2.21. The van der Waals surface area contributed by atoms with Crippen LogP contribution in [0.1, 0.15) is 28.5 Å². The molecule has 0 spiro atoms. The van der Waals surface area contributed by atoms with Crippen molar-refractivity contribution in [1.82, 2.24) is 10.3 Å². The van der Waals surface area contributed by atoms with Crippen molar-refractivity contribution >= 4 is 5.91 Å². The summed E-state index contributed by atoms with van der Waals surface area (Å²) in [5.74, 6) is -0.143. The van der Waals surface area contributed by atoms with Gasteiger partial charge >= 0.3 is 0 Å². The zero-order valence-electron chi connectivity index (χ0n) is 7.31. The molecule has 0 fully saturated rings. The van der Waals surface area contributed by atoms with E-state index in [0.29, 0.717) is 17.7 Å². The van der Waals surface area contributed by atoms with Crippen LogP contribution in [0.3, 0.4) is 0 Å². The predicted molar refractivity (Wildman–Crippen MR) is 47.6 cm³/mol. The molecule has 4 heteroatoms. The van der Waals surface area contributed by atoms with Crippen LogP contribution in [-0.2, 0) is 13.0 Å². The Bertz CT molecular complexity index is 420. The number of amides is 1. The van der Waals surface area contributed by atoms with Gasteiger partial charge in [-0.3, -0.25) is 9.59 Å². The van der Waals surface area contributed by atoms with Gasteiger partial charge in [0.15, 0.2) is 0 Å². The molecule has 0 saturated heterocycles. The second-order valence-electron chi connectivity index (χ2n) is 3.05. The highest BCUT2D eigenvalue weighted by molar-refractivity contribution is 5.98. The van der Waals surface area contributed by atoms with Crippen LogP contribution >= 0.6 is 0 Å². The number of carbonyl (C=O) groups is 1. The summed E-state index contributed by atoms with van der Waals surface area (Å²) in [5, 5.41) is 2.62. The number of aromatic amines is 1. The van der Waals surface area contributed by atoms with Crippen LogP contribution in [0, 0.1) is 0 Å². The first kappa shape index (κ1) is 8.04. The van der Waals surface area contributed by atoms with Crippen LogP contribution < -0.4 is 10.9 Å².